The third kappa shape index (κ3) is 3.01. The number of methoxy groups -OCH3 is 1. The van der Waals surface area contributed by atoms with Crippen molar-refractivity contribution in [3.8, 4) is 0 Å². The zero-order valence-corrected chi connectivity index (χ0v) is 11.9. The molecule has 0 aliphatic heterocycles. The van der Waals surface area contributed by atoms with Gasteiger partial charge in [0.25, 0.3) is 0 Å². The molecule has 19 heavy (non-hydrogen) atoms. The standard InChI is InChI=1S/C14H18ClNO3/c1-3-19-13(17)14(8-12(9-14)18-2)16-11-6-4-10(15)5-7-11/h4-7,12,16H,3,8-9H2,1-2H3. The molecule has 104 valence electrons. The normalized spacial score (nSPS) is 25.5. The Labute approximate surface area is 118 Å². The number of rotatable bonds is 5. The molecule has 0 radical (unpaired) electrons. The Morgan fingerprint density at radius 2 is 2.05 bits per heavy atom. The minimum atomic E-state index is -0.676. The van der Waals surface area contributed by atoms with E-state index in [0.29, 0.717) is 24.5 Å². The molecule has 0 saturated heterocycles. The first-order valence-corrected chi connectivity index (χ1v) is 6.71. The van der Waals surface area contributed by atoms with E-state index in [4.69, 9.17) is 21.1 Å². The van der Waals surface area contributed by atoms with Crippen LogP contribution < -0.4 is 5.32 Å². The van der Waals surface area contributed by atoms with E-state index in [2.05, 4.69) is 5.32 Å². The molecule has 0 heterocycles. The van der Waals surface area contributed by atoms with Crippen molar-refractivity contribution in [2.45, 2.75) is 31.4 Å². The van der Waals surface area contributed by atoms with Crippen molar-refractivity contribution in [1.82, 2.24) is 0 Å². The summed E-state index contributed by atoms with van der Waals surface area (Å²) >= 11 is 5.85. The van der Waals surface area contributed by atoms with Gasteiger partial charge in [0.15, 0.2) is 0 Å². The van der Waals surface area contributed by atoms with Crippen molar-refractivity contribution in [2.75, 3.05) is 19.0 Å². The van der Waals surface area contributed by atoms with Gasteiger partial charge in [-0.05, 0) is 31.2 Å². The second-order valence-corrected chi connectivity index (χ2v) is 5.14. The summed E-state index contributed by atoms with van der Waals surface area (Å²) in [4.78, 5) is 12.1. The van der Waals surface area contributed by atoms with Crippen LogP contribution in [0, 0.1) is 0 Å². The van der Waals surface area contributed by atoms with E-state index >= 15 is 0 Å². The van der Waals surface area contributed by atoms with Gasteiger partial charge in [0.2, 0.25) is 0 Å². The monoisotopic (exact) mass is 283 g/mol. The Morgan fingerprint density at radius 1 is 1.42 bits per heavy atom. The Bertz CT molecular complexity index is 441. The van der Waals surface area contributed by atoms with Crippen LogP contribution in [0.5, 0.6) is 0 Å². The molecule has 2 rings (SSSR count). The summed E-state index contributed by atoms with van der Waals surface area (Å²) < 4.78 is 10.4. The molecule has 1 fully saturated rings. The van der Waals surface area contributed by atoms with Crippen LogP contribution in [0.4, 0.5) is 5.69 Å². The average Bonchev–Trinajstić information content (AvgIpc) is 2.36. The molecule has 1 aliphatic rings. The van der Waals surface area contributed by atoms with Crippen LogP contribution in [0.25, 0.3) is 0 Å². The first kappa shape index (κ1) is 14.2. The number of benzene rings is 1. The van der Waals surface area contributed by atoms with E-state index < -0.39 is 5.54 Å². The van der Waals surface area contributed by atoms with E-state index in [1.54, 1.807) is 26.2 Å². The van der Waals surface area contributed by atoms with Crippen molar-refractivity contribution in [1.29, 1.82) is 0 Å². The van der Waals surface area contributed by atoms with Gasteiger partial charge in [-0.15, -0.1) is 0 Å². The Hall–Kier alpha value is -1.26. The van der Waals surface area contributed by atoms with Gasteiger partial charge < -0.3 is 14.8 Å². The maximum absolute atomic E-state index is 12.1. The zero-order chi connectivity index (χ0) is 13.9. The van der Waals surface area contributed by atoms with Gasteiger partial charge in [0, 0.05) is 30.7 Å². The first-order chi connectivity index (χ1) is 9.09. The lowest BCUT2D eigenvalue weighted by atomic mass is 9.74. The second kappa shape index (κ2) is 5.80. The largest absolute Gasteiger partial charge is 0.464 e. The molecule has 5 heteroatoms. The predicted molar refractivity (Wildman–Crippen MR) is 74.5 cm³/mol. The third-order valence-electron chi connectivity index (χ3n) is 3.38. The molecule has 0 atom stereocenters. The van der Waals surface area contributed by atoms with Gasteiger partial charge >= 0.3 is 5.97 Å². The lowest BCUT2D eigenvalue weighted by Gasteiger charge is -2.45. The number of esters is 1. The summed E-state index contributed by atoms with van der Waals surface area (Å²) in [6, 6.07) is 7.28. The van der Waals surface area contributed by atoms with Crippen molar-refractivity contribution >= 4 is 23.3 Å². The van der Waals surface area contributed by atoms with Crippen molar-refractivity contribution < 1.29 is 14.3 Å². The van der Waals surface area contributed by atoms with E-state index in [1.807, 2.05) is 12.1 Å². The highest BCUT2D eigenvalue weighted by Gasteiger charge is 2.52. The van der Waals surface area contributed by atoms with Crippen LogP contribution in [0.2, 0.25) is 5.02 Å². The van der Waals surface area contributed by atoms with Crippen LogP contribution in [-0.2, 0) is 14.3 Å². The molecule has 4 nitrogen and oxygen atoms in total. The van der Waals surface area contributed by atoms with Crippen LogP contribution >= 0.6 is 11.6 Å². The molecule has 0 bridgehead atoms. The molecule has 0 aromatic heterocycles. The highest BCUT2D eigenvalue weighted by atomic mass is 35.5. The SMILES string of the molecule is CCOC(=O)C1(Nc2ccc(Cl)cc2)CC(OC)C1. The summed E-state index contributed by atoms with van der Waals surface area (Å²) in [5.41, 5.74) is 0.178. The lowest BCUT2D eigenvalue weighted by Crippen LogP contribution is -2.59. The number of anilines is 1. The summed E-state index contributed by atoms with van der Waals surface area (Å²) in [6.07, 6.45) is 1.33. The van der Waals surface area contributed by atoms with E-state index in [0.717, 1.165) is 5.69 Å². The topological polar surface area (TPSA) is 47.6 Å². The fourth-order valence-electron chi connectivity index (χ4n) is 2.28. The molecule has 0 amide bonds. The summed E-state index contributed by atoms with van der Waals surface area (Å²) in [7, 11) is 1.65. The average molecular weight is 284 g/mol. The molecular formula is C14H18ClNO3. The fourth-order valence-corrected chi connectivity index (χ4v) is 2.41. The Morgan fingerprint density at radius 3 is 2.58 bits per heavy atom. The van der Waals surface area contributed by atoms with Gasteiger partial charge in [0.05, 0.1) is 12.7 Å². The quantitative estimate of drug-likeness (QED) is 0.844. The van der Waals surface area contributed by atoms with Gasteiger partial charge in [0.1, 0.15) is 5.54 Å². The molecule has 0 unspecified atom stereocenters. The number of halogens is 1. The Balaban J connectivity index is 2.11. The number of carbonyl (C=O) groups is 1. The number of hydrogen-bond donors (Lipinski definition) is 1. The minimum absolute atomic E-state index is 0.101. The number of hydrogen-bond acceptors (Lipinski definition) is 4. The third-order valence-corrected chi connectivity index (χ3v) is 3.63. The second-order valence-electron chi connectivity index (χ2n) is 4.70. The molecular weight excluding hydrogens is 266 g/mol. The predicted octanol–water partition coefficient (Wildman–Crippen LogP) is 2.86. The molecule has 1 aromatic rings. The lowest BCUT2D eigenvalue weighted by molar-refractivity contribution is -0.157. The molecule has 1 N–H and O–H groups in total. The van der Waals surface area contributed by atoms with E-state index in [-0.39, 0.29) is 12.1 Å². The maximum atomic E-state index is 12.1. The van der Waals surface area contributed by atoms with Crippen LogP contribution in [0.15, 0.2) is 24.3 Å². The van der Waals surface area contributed by atoms with E-state index in [1.165, 1.54) is 0 Å². The van der Waals surface area contributed by atoms with Crippen LogP contribution in [0.1, 0.15) is 19.8 Å². The summed E-state index contributed by atoms with van der Waals surface area (Å²) in [5, 5.41) is 3.92. The number of nitrogens with one attached hydrogen (secondary N) is 1. The van der Waals surface area contributed by atoms with Crippen LogP contribution in [0.3, 0.4) is 0 Å². The fraction of sp³-hybridized carbons (Fsp3) is 0.500. The molecule has 1 saturated carbocycles. The van der Waals surface area contributed by atoms with Gasteiger partial charge in [-0.1, -0.05) is 11.6 Å². The van der Waals surface area contributed by atoms with Crippen molar-refractivity contribution in [3.63, 3.8) is 0 Å². The molecule has 1 aromatic carbocycles. The summed E-state index contributed by atoms with van der Waals surface area (Å²) in [6.45, 7) is 2.18. The zero-order valence-electron chi connectivity index (χ0n) is 11.1. The molecule has 0 spiro atoms. The highest BCUT2D eigenvalue weighted by Crippen LogP contribution is 2.38. The number of carbonyl (C=O) groups excluding carboxylic acids is 1. The molecule has 1 aliphatic carbocycles. The summed E-state index contributed by atoms with van der Waals surface area (Å²) in [5.74, 6) is -0.224. The van der Waals surface area contributed by atoms with Gasteiger partial charge in [-0.25, -0.2) is 4.79 Å². The highest BCUT2D eigenvalue weighted by molar-refractivity contribution is 6.30. The van der Waals surface area contributed by atoms with Gasteiger partial charge in [-0.2, -0.15) is 0 Å². The van der Waals surface area contributed by atoms with E-state index in [9.17, 15) is 4.79 Å². The first-order valence-electron chi connectivity index (χ1n) is 6.33. The maximum Gasteiger partial charge on any atom is 0.331 e. The van der Waals surface area contributed by atoms with Crippen molar-refractivity contribution in [3.05, 3.63) is 29.3 Å². The van der Waals surface area contributed by atoms with Crippen LogP contribution in [-0.4, -0.2) is 31.3 Å². The van der Waals surface area contributed by atoms with Gasteiger partial charge in [-0.3, -0.25) is 0 Å². The minimum Gasteiger partial charge on any atom is -0.464 e. The number of ether oxygens (including phenoxy) is 2. The Kier molecular flexibility index (Phi) is 4.32. The van der Waals surface area contributed by atoms with Crippen molar-refractivity contribution in [2.24, 2.45) is 0 Å². The smallest absolute Gasteiger partial charge is 0.331 e.